The van der Waals surface area contributed by atoms with Crippen molar-refractivity contribution in [3.05, 3.63) is 183 Å². The average molecular weight is 1440 g/mol. The number of ketones is 1. The number of carbonyl (C=O) groups is 4. The third-order valence-corrected chi connectivity index (χ3v) is 18.8. The number of aliphatic carboxylic acids is 1. The molecule has 8 rings (SSSR count). The number of rotatable bonds is 30. The minimum Gasteiger partial charge on any atom is -0.480 e. The van der Waals surface area contributed by atoms with E-state index in [1.807, 2.05) is 97.4 Å². The quantitative estimate of drug-likeness (QED) is 0.0322. The molecule has 0 aliphatic heterocycles. The third kappa shape index (κ3) is 23.6. The summed E-state index contributed by atoms with van der Waals surface area (Å²) < 4.78 is 76.2. The molecule has 6 aromatic rings. The molecule has 3 N–H and O–H groups in total. The van der Waals surface area contributed by atoms with E-state index in [0.717, 1.165) is 102 Å². The normalized spacial score (nSPS) is 13.9. The SMILES string of the molecule is CCOC(=O)C[C@H](CC(=O)C(CC(C)C)n1cc(CCCN(C)C)c(C)cc1=O)c1c(F)c(C)cc(-c2c(C)cc(C3CC3)cc2C)c1F.CCOC(=O)C[C@H](N)c1c(F)c(C)cc(-c2c(C)cc(C3CC3)cc2C)c1F.Cc1cc(=O)n(C(CC(C)C)C(=O)O)cc1CCCN(C)C.S.S. The summed E-state index contributed by atoms with van der Waals surface area (Å²) in [7, 11) is 8.06. The smallest absolute Gasteiger partial charge is 0.326 e. The molecule has 2 fully saturated rings. The average Bonchev–Trinajstić information content (AvgIpc) is 1.74. The molecule has 2 heterocycles. The van der Waals surface area contributed by atoms with E-state index in [9.17, 15) is 38.3 Å². The number of Topliss-reactive ketones (excluding diaryl/α,β-unsaturated/α-hetero) is 1. The van der Waals surface area contributed by atoms with Crippen LogP contribution in [0.25, 0.3) is 22.3 Å². The number of halogens is 4. The van der Waals surface area contributed by atoms with Gasteiger partial charge < -0.3 is 39.2 Å². The molecule has 4 atom stereocenters. The van der Waals surface area contributed by atoms with Crippen LogP contribution in [0, 0.1) is 90.5 Å². The number of carboxylic acid groups (broad SMARTS) is 1. The van der Waals surface area contributed by atoms with E-state index in [0.29, 0.717) is 41.4 Å². The van der Waals surface area contributed by atoms with Gasteiger partial charge in [0.05, 0.1) is 32.1 Å². The number of nitrogens with zero attached hydrogens (tertiary/aromatic N) is 4. The minimum atomic E-state index is -1.13. The van der Waals surface area contributed by atoms with Crippen molar-refractivity contribution in [3.8, 4) is 22.3 Å². The number of carboxylic acids is 1. The van der Waals surface area contributed by atoms with Crippen molar-refractivity contribution >= 4 is 50.7 Å². The van der Waals surface area contributed by atoms with Gasteiger partial charge in [-0.25, -0.2) is 22.4 Å². The van der Waals surface area contributed by atoms with Crippen LogP contribution in [0.15, 0.2) is 70.5 Å². The molecule has 20 heteroatoms. The molecule has 2 unspecified atom stereocenters. The lowest BCUT2D eigenvalue weighted by atomic mass is 9.83. The lowest BCUT2D eigenvalue weighted by Gasteiger charge is -2.26. The maximum Gasteiger partial charge on any atom is 0.326 e. The second kappa shape index (κ2) is 39.2. The Morgan fingerprint density at radius 2 is 0.891 bits per heavy atom. The van der Waals surface area contributed by atoms with Gasteiger partial charge in [-0.15, -0.1) is 0 Å². The maximum atomic E-state index is 16.9. The van der Waals surface area contributed by atoms with Gasteiger partial charge in [0, 0.05) is 65.2 Å². The Bertz CT molecular complexity index is 3940. The van der Waals surface area contributed by atoms with E-state index < -0.39 is 65.2 Å². The molecule has 0 radical (unpaired) electrons. The Balaban J connectivity index is 0.000000351. The fraction of sp³-hybridized carbons (Fsp3) is 0.531. The molecule has 2 aliphatic carbocycles. The summed E-state index contributed by atoms with van der Waals surface area (Å²) >= 11 is 0. The minimum absolute atomic E-state index is 0. The number of nitrogens with two attached hydrogens (primary N) is 1. The number of pyridine rings is 2. The number of hydrogen-bond acceptors (Lipinski definition) is 11. The van der Waals surface area contributed by atoms with Crippen LogP contribution in [-0.2, 0) is 41.5 Å². The Morgan fingerprint density at radius 3 is 1.26 bits per heavy atom. The van der Waals surface area contributed by atoms with E-state index >= 15 is 13.2 Å². The van der Waals surface area contributed by atoms with Crippen LogP contribution in [0.1, 0.15) is 226 Å². The van der Waals surface area contributed by atoms with Gasteiger partial charge in [-0.05, 0) is 288 Å². The third-order valence-electron chi connectivity index (χ3n) is 18.8. The number of hydrogen-bond donors (Lipinski definition) is 2. The highest BCUT2D eigenvalue weighted by molar-refractivity contribution is 7.59. The van der Waals surface area contributed by atoms with Crippen molar-refractivity contribution in [1.82, 2.24) is 18.9 Å². The molecule has 0 spiro atoms. The Labute approximate surface area is 611 Å². The number of carbonyl (C=O) groups excluding carboxylic acids is 3. The van der Waals surface area contributed by atoms with Gasteiger partial charge in [0.1, 0.15) is 29.3 Å². The zero-order chi connectivity index (χ0) is 73.6. The van der Waals surface area contributed by atoms with Gasteiger partial charge in [0.25, 0.3) is 11.1 Å². The second-order valence-electron chi connectivity index (χ2n) is 29.1. The number of benzene rings is 4. The predicted octanol–water partition coefficient (Wildman–Crippen LogP) is 16.6. The first-order chi connectivity index (χ1) is 46.6. The number of ether oxygens (including phenoxy) is 2. The van der Waals surface area contributed by atoms with Crippen molar-refractivity contribution in [1.29, 1.82) is 0 Å². The molecule has 2 aliphatic rings. The summed E-state index contributed by atoms with van der Waals surface area (Å²) in [5.74, 6) is -5.21. The molecule has 0 saturated heterocycles. The summed E-state index contributed by atoms with van der Waals surface area (Å²) in [5, 5.41) is 9.44. The molecule has 0 bridgehead atoms. The van der Waals surface area contributed by atoms with E-state index in [1.54, 1.807) is 52.2 Å². The monoisotopic (exact) mass is 1440 g/mol. The first-order valence-electron chi connectivity index (χ1n) is 35.3. The van der Waals surface area contributed by atoms with Gasteiger partial charge in [-0.1, -0.05) is 52.0 Å². The molecular weight excluding hydrogens is 1330 g/mol. The van der Waals surface area contributed by atoms with E-state index in [-0.39, 0.29) is 110 Å². The lowest BCUT2D eigenvalue weighted by Crippen LogP contribution is -2.32. The van der Waals surface area contributed by atoms with Crippen LogP contribution < -0.4 is 16.9 Å². The van der Waals surface area contributed by atoms with Gasteiger partial charge in [0.15, 0.2) is 5.78 Å². The molecule has 556 valence electrons. The van der Waals surface area contributed by atoms with Crippen molar-refractivity contribution in [3.63, 3.8) is 0 Å². The molecule has 2 aromatic heterocycles. The molecular formula is C81H113F4N5O9S2. The molecule has 101 heavy (non-hydrogen) atoms. The van der Waals surface area contributed by atoms with Gasteiger partial charge >= 0.3 is 17.9 Å². The van der Waals surface area contributed by atoms with Crippen LogP contribution >= 0.6 is 27.0 Å². The van der Waals surface area contributed by atoms with Crippen molar-refractivity contribution in [2.24, 2.45) is 17.6 Å². The fourth-order valence-corrected chi connectivity index (χ4v) is 13.5. The Hall–Kier alpha value is -6.84. The Kier molecular flexibility index (Phi) is 33.6. The van der Waals surface area contributed by atoms with E-state index in [2.05, 4.69) is 34.1 Å². The molecule has 14 nitrogen and oxygen atoms in total. The fourth-order valence-electron chi connectivity index (χ4n) is 13.5. The summed E-state index contributed by atoms with van der Waals surface area (Å²) in [4.78, 5) is 80.4. The van der Waals surface area contributed by atoms with Crippen molar-refractivity contribution < 1.29 is 51.3 Å². The first kappa shape index (κ1) is 86.6. The molecule has 0 amide bonds. The summed E-state index contributed by atoms with van der Waals surface area (Å²) in [6.07, 6.45) is 11.5. The van der Waals surface area contributed by atoms with E-state index in [1.165, 1.54) is 45.2 Å². The largest absolute Gasteiger partial charge is 0.480 e. The maximum absolute atomic E-state index is 16.9. The van der Waals surface area contributed by atoms with Crippen molar-refractivity contribution in [2.75, 3.05) is 54.5 Å². The summed E-state index contributed by atoms with van der Waals surface area (Å²) in [5.41, 5.74) is 17.5. The molecule has 4 aromatic carbocycles. The van der Waals surface area contributed by atoms with Crippen LogP contribution in [-0.4, -0.2) is 102 Å². The van der Waals surface area contributed by atoms with Crippen LogP contribution in [0.3, 0.4) is 0 Å². The van der Waals surface area contributed by atoms with Gasteiger partial charge in [-0.2, -0.15) is 27.0 Å². The lowest BCUT2D eigenvalue weighted by molar-refractivity contribution is -0.144. The summed E-state index contributed by atoms with van der Waals surface area (Å²) in [6.45, 7) is 28.1. The van der Waals surface area contributed by atoms with Crippen LogP contribution in [0.2, 0.25) is 0 Å². The number of aromatic nitrogens is 2. The second-order valence-corrected chi connectivity index (χ2v) is 29.1. The standard InChI is InChI=1S/C41H54F2N2O4.C23H27F2NO2.C17H28N2O3.2H2S/c1-10-49-37(48)22-32(21-35(46)34(16-24(2)3)45-23-30(12-11-15-44(8)9)25(4)20-36(45)47)39-40(42)28(7)19-33(41(39)43)38-26(5)17-31(18-27(38)6)29-13-14-29;1-5-28-19(27)11-18(26)21-22(24)14(4)10-17(23(21)25)20-12(2)8-16(9-13(20)3)15-6-7-15;1-12(2)9-15(17(21)22)19-11-14(7-6-8-18(4)5)13(3)10-16(19)20;;/h17-20,23-24,29,32,34H,10-16,21-22H2,1-9H3;8-10,15,18H,5-7,11,26H2,1-4H3;10-12,15H,6-9H2,1-5H3,(H,21,22);2*1H2/t32-,34?;18-;;;/m00.../s1. The summed E-state index contributed by atoms with van der Waals surface area (Å²) in [6, 6.07) is 11.8. The first-order valence-corrected chi connectivity index (χ1v) is 35.3. The highest BCUT2D eigenvalue weighted by atomic mass is 32.1. The van der Waals surface area contributed by atoms with Crippen molar-refractivity contribution in [2.45, 2.75) is 216 Å². The number of aryl methyl sites for hydroxylation is 10. The molecule has 2 saturated carbocycles. The Morgan fingerprint density at radius 1 is 0.525 bits per heavy atom. The van der Waals surface area contributed by atoms with E-state index in [4.69, 9.17) is 15.2 Å². The van der Waals surface area contributed by atoms with Gasteiger partial charge in [-0.3, -0.25) is 24.0 Å². The van der Waals surface area contributed by atoms with Crippen LogP contribution in [0.5, 0.6) is 0 Å². The number of esters is 2. The zero-order valence-electron chi connectivity index (χ0n) is 63.0. The topological polar surface area (TPSA) is 183 Å². The highest BCUT2D eigenvalue weighted by Gasteiger charge is 2.35. The van der Waals surface area contributed by atoms with Crippen LogP contribution in [0.4, 0.5) is 17.6 Å². The highest BCUT2D eigenvalue weighted by Crippen LogP contribution is 2.46. The predicted molar refractivity (Wildman–Crippen MR) is 408 cm³/mol. The zero-order valence-corrected chi connectivity index (χ0v) is 65.0. The van der Waals surface area contributed by atoms with Gasteiger partial charge in [0.2, 0.25) is 0 Å².